The van der Waals surface area contributed by atoms with Crippen molar-refractivity contribution in [3.8, 4) is 17.1 Å². The summed E-state index contributed by atoms with van der Waals surface area (Å²) in [6.07, 6.45) is 1.21. The van der Waals surface area contributed by atoms with Gasteiger partial charge < -0.3 is 24.0 Å². The first-order chi connectivity index (χ1) is 21.9. The molecule has 9 heteroatoms. The van der Waals surface area contributed by atoms with Gasteiger partial charge >= 0.3 is 12.1 Å². The Balaban J connectivity index is 1.66. The van der Waals surface area contributed by atoms with Crippen LogP contribution < -0.4 is 9.64 Å². The van der Waals surface area contributed by atoms with E-state index in [2.05, 4.69) is 75.9 Å². The minimum absolute atomic E-state index is 0.218. The maximum absolute atomic E-state index is 13.1. The number of carbonyl (C=O) groups excluding carboxylic acids is 2. The van der Waals surface area contributed by atoms with Crippen LogP contribution in [0.3, 0.4) is 0 Å². The molecule has 1 fully saturated rings. The van der Waals surface area contributed by atoms with Crippen LogP contribution in [0.2, 0.25) is 0 Å². The number of piperazine rings is 1. The number of rotatable bonds is 11. The summed E-state index contributed by atoms with van der Waals surface area (Å²) in [6.45, 7) is 20.0. The van der Waals surface area contributed by atoms with Crippen LogP contribution >= 0.6 is 0 Å². The Morgan fingerprint density at radius 1 is 0.935 bits per heavy atom. The Kier molecular flexibility index (Phi) is 11.3. The van der Waals surface area contributed by atoms with Crippen LogP contribution in [0.5, 0.6) is 5.75 Å². The molecule has 0 spiro atoms. The summed E-state index contributed by atoms with van der Waals surface area (Å²) < 4.78 is 17.1. The van der Waals surface area contributed by atoms with Crippen molar-refractivity contribution < 1.29 is 23.8 Å². The van der Waals surface area contributed by atoms with E-state index in [0.717, 1.165) is 46.8 Å². The summed E-state index contributed by atoms with van der Waals surface area (Å²) in [5.41, 5.74) is 6.23. The number of amides is 1. The predicted octanol–water partition coefficient (Wildman–Crippen LogP) is 7.19. The van der Waals surface area contributed by atoms with E-state index in [1.165, 1.54) is 16.7 Å². The van der Waals surface area contributed by atoms with Gasteiger partial charge in [-0.05, 0) is 81.7 Å². The van der Waals surface area contributed by atoms with Gasteiger partial charge in [-0.2, -0.15) is 0 Å². The fourth-order valence-electron chi connectivity index (χ4n) is 5.66. The molecule has 1 saturated heterocycles. The van der Waals surface area contributed by atoms with Gasteiger partial charge in [-0.3, -0.25) is 0 Å². The third-order valence-electron chi connectivity index (χ3n) is 8.61. The minimum Gasteiger partial charge on any atom is -0.488 e. The van der Waals surface area contributed by atoms with Crippen LogP contribution in [0.4, 0.5) is 10.6 Å². The van der Waals surface area contributed by atoms with E-state index in [4.69, 9.17) is 24.2 Å². The second kappa shape index (κ2) is 15.0. The summed E-state index contributed by atoms with van der Waals surface area (Å²) in [5, 5.41) is 0. The van der Waals surface area contributed by atoms with Gasteiger partial charge in [-0.1, -0.05) is 58.0 Å². The smallest absolute Gasteiger partial charge is 0.410 e. The lowest BCUT2D eigenvalue weighted by atomic mass is 9.96. The normalized spacial score (nSPS) is 13.6. The molecule has 1 aliphatic heterocycles. The molecule has 3 aromatic rings. The first-order valence-electron chi connectivity index (χ1n) is 16.5. The molecule has 2 aromatic carbocycles. The number of aryl methyl sites for hydroxylation is 4. The monoisotopic (exact) mass is 630 g/mol. The van der Waals surface area contributed by atoms with E-state index >= 15 is 0 Å². The van der Waals surface area contributed by atoms with E-state index in [-0.39, 0.29) is 6.61 Å². The second-order valence-electron chi connectivity index (χ2n) is 12.6. The van der Waals surface area contributed by atoms with E-state index < -0.39 is 17.7 Å². The molecule has 0 unspecified atom stereocenters. The molecule has 1 aromatic heterocycles. The molecule has 0 radical (unpaired) electrons. The van der Waals surface area contributed by atoms with Crippen LogP contribution in [0, 0.1) is 13.8 Å². The quantitative estimate of drug-likeness (QED) is 0.206. The average molecular weight is 631 g/mol. The van der Waals surface area contributed by atoms with Crippen LogP contribution in [-0.2, 0) is 33.7 Å². The average Bonchev–Trinajstić information content (AvgIpc) is 3.03. The van der Waals surface area contributed by atoms with Crippen LogP contribution in [0.1, 0.15) is 87.9 Å². The highest BCUT2D eigenvalue weighted by Crippen LogP contribution is 2.33. The number of nitrogens with zero attached hydrogens (tertiary/aromatic N) is 4. The summed E-state index contributed by atoms with van der Waals surface area (Å²) >= 11 is 0. The molecule has 0 N–H and O–H groups in total. The van der Waals surface area contributed by atoms with Crippen molar-refractivity contribution >= 4 is 17.9 Å². The largest absolute Gasteiger partial charge is 0.488 e. The Morgan fingerprint density at radius 3 is 2.17 bits per heavy atom. The van der Waals surface area contributed by atoms with Crippen molar-refractivity contribution in [1.82, 2.24) is 14.9 Å². The van der Waals surface area contributed by atoms with Crippen LogP contribution in [0.25, 0.3) is 11.4 Å². The number of anilines is 1. The third-order valence-corrected chi connectivity index (χ3v) is 8.61. The molecule has 0 aliphatic carbocycles. The molecule has 2 heterocycles. The zero-order valence-corrected chi connectivity index (χ0v) is 29.0. The topological polar surface area (TPSA) is 94.1 Å². The molecule has 4 rings (SSSR count). The van der Waals surface area contributed by atoms with Gasteiger partial charge in [0.05, 0.1) is 17.9 Å². The molecule has 9 nitrogen and oxygen atoms in total. The fraction of sp³-hybridized carbons (Fsp3) is 0.514. The highest BCUT2D eigenvalue weighted by Gasteiger charge is 2.36. The van der Waals surface area contributed by atoms with Crippen molar-refractivity contribution in [2.24, 2.45) is 0 Å². The number of hydrogen-bond donors (Lipinski definition) is 0. The van der Waals surface area contributed by atoms with Gasteiger partial charge in [-0.25, -0.2) is 19.6 Å². The number of ether oxygens (including phenoxy) is 3. The standard InChI is InChI=1S/C37H50N4O5/c1-10-27-14-13-15-28(11-2)32(27)33-38-26(7)30(23-45-31-22-29(24(4)5)17-16-25(31)6)34(39-33)40-18-20-41(21-19-40)36(43)46-37(8,9)35(42)44-12-3/h13-17,22,24H,10-12,18-21,23H2,1-9H3. The van der Waals surface area contributed by atoms with Gasteiger partial charge in [0.1, 0.15) is 18.2 Å². The van der Waals surface area contributed by atoms with Crippen molar-refractivity contribution in [1.29, 1.82) is 0 Å². The Bertz CT molecular complexity index is 1520. The highest BCUT2D eigenvalue weighted by atomic mass is 16.6. The summed E-state index contributed by atoms with van der Waals surface area (Å²) in [7, 11) is 0. The van der Waals surface area contributed by atoms with E-state index in [1.54, 1.807) is 25.7 Å². The lowest BCUT2D eigenvalue weighted by Crippen LogP contribution is -2.52. The molecule has 1 aliphatic rings. The lowest BCUT2D eigenvalue weighted by molar-refractivity contribution is -0.162. The summed E-state index contributed by atoms with van der Waals surface area (Å²) in [4.78, 5) is 39.5. The first-order valence-corrected chi connectivity index (χ1v) is 16.5. The second-order valence-corrected chi connectivity index (χ2v) is 12.6. The fourth-order valence-corrected chi connectivity index (χ4v) is 5.66. The molecular weight excluding hydrogens is 580 g/mol. The van der Waals surface area contributed by atoms with Gasteiger partial charge in [-0.15, -0.1) is 0 Å². The number of carbonyl (C=O) groups is 2. The number of benzene rings is 2. The van der Waals surface area contributed by atoms with Gasteiger partial charge in [0.15, 0.2) is 5.82 Å². The van der Waals surface area contributed by atoms with Crippen molar-refractivity contribution in [3.63, 3.8) is 0 Å². The van der Waals surface area contributed by atoms with Crippen molar-refractivity contribution in [2.75, 3.05) is 37.7 Å². The maximum Gasteiger partial charge on any atom is 0.410 e. The number of hydrogen-bond acceptors (Lipinski definition) is 8. The molecule has 0 atom stereocenters. The predicted molar refractivity (Wildman–Crippen MR) is 182 cm³/mol. The number of aromatic nitrogens is 2. The minimum atomic E-state index is -1.37. The van der Waals surface area contributed by atoms with Crippen LogP contribution in [0.15, 0.2) is 36.4 Å². The van der Waals surface area contributed by atoms with Gasteiger partial charge in [0.25, 0.3) is 0 Å². The summed E-state index contributed by atoms with van der Waals surface area (Å²) in [6, 6.07) is 12.8. The lowest BCUT2D eigenvalue weighted by Gasteiger charge is -2.37. The molecule has 248 valence electrons. The highest BCUT2D eigenvalue weighted by molar-refractivity contribution is 5.82. The van der Waals surface area contributed by atoms with E-state index in [9.17, 15) is 9.59 Å². The molecule has 0 bridgehead atoms. The molecular formula is C37H50N4O5. The third kappa shape index (κ3) is 7.80. The van der Waals surface area contributed by atoms with Crippen molar-refractivity contribution in [2.45, 2.75) is 93.3 Å². The summed E-state index contributed by atoms with van der Waals surface area (Å²) in [5.74, 6) is 2.19. The van der Waals surface area contributed by atoms with E-state index in [0.29, 0.717) is 44.5 Å². The van der Waals surface area contributed by atoms with Crippen molar-refractivity contribution in [3.05, 3.63) is 69.9 Å². The molecule has 0 saturated carbocycles. The van der Waals surface area contributed by atoms with E-state index in [1.807, 2.05) is 6.92 Å². The zero-order chi connectivity index (χ0) is 33.6. The Hall–Kier alpha value is -4.14. The Morgan fingerprint density at radius 2 is 1.59 bits per heavy atom. The SMILES string of the molecule is CCOC(=O)C(C)(C)OC(=O)N1CCN(c2nc(-c3c(CC)cccc3CC)nc(C)c2COc2cc(C(C)C)ccc2C)CC1. The maximum atomic E-state index is 13.1. The zero-order valence-electron chi connectivity index (χ0n) is 29.0. The van der Waals surface area contributed by atoms with Gasteiger partial charge in [0.2, 0.25) is 5.60 Å². The first kappa shape index (κ1) is 34.7. The van der Waals surface area contributed by atoms with Crippen LogP contribution in [-0.4, -0.2) is 65.3 Å². The Labute approximate surface area is 274 Å². The molecule has 1 amide bonds. The number of esters is 1. The van der Waals surface area contributed by atoms with Gasteiger partial charge in [0, 0.05) is 31.7 Å². The molecule has 46 heavy (non-hydrogen) atoms.